The molecule has 4 rings (SSSR count). The van der Waals surface area contributed by atoms with Gasteiger partial charge in [-0.3, -0.25) is 4.90 Å². The van der Waals surface area contributed by atoms with Gasteiger partial charge in [0.25, 0.3) is 5.89 Å². The highest BCUT2D eigenvalue weighted by Crippen LogP contribution is 2.24. The first-order chi connectivity index (χ1) is 12.7. The standard InChI is InChI=1S/C18H20N4O3S/c1-12-16(26-11-19-12)9-22-7-15(8-22)24-14-5-3-13(4-6-14)18-20-17(10-23-2)25-21-18/h3-6,11,15H,7-10H2,1-2H3. The zero-order valence-corrected chi connectivity index (χ0v) is 15.5. The van der Waals surface area contributed by atoms with Crippen LogP contribution in [0.4, 0.5) is 0 Å². The third kappa shape index (κ3) is 3.77. The zero-order valence-electron chi connectivity index (χ0n) is 14.7. The van der Waals surface area contributed by atoms with Crippen LogP contribution in [0.25, 0.3) is 11.4 Å². The van der Waals surface area contributed by atoms with E-state index in [0.29, 0.717) is 18.3 Å². The summed E-state index contributed by atoms with van der Waals surface area (Å²) in [4.78, 5) is 12.3. The second-order valence-electron chi connectivity index (χ2n) is 6.26. The number of thiazole rings is 1. The lowest BCUT2D eigenvalue weighted by Crippen LogP contribution is -2.53. The zero-order chi connectivity index (χ0) is 17.9. The molecule has 3 heterocycles. The largest absolute Gasteiger partial charge is 0.488 e. The first-order valence-electron chi connectivity index (χ1n) is 8.41. The van der Waals surface area contributed by atoms with Gasteiger partial charge in [-0.25, -0.2) is 4.98 Å². The summed E-state index contributed by atoms with van der Waals surface area (Å²) in [5.41, 5.74) is 3.92. The molecule has 0 N–H and O–H groups in total. The van der Waals surface area contributed by atoms with Crippen LogP contribution in [-0.4, -0.2) is 46.3 Å². The van der Waals surface area contributed by atoms with Gasteiger partial charge in [-0.05, 0) is 31.2 Å². The van der Waals surface area contributed by atoms with E-state index < -0.39 is 0 Å². The minimum Gasteiger partial charge on any atom is -0.488 e. The van der Waals surface area contributed by atoms with Crippen LogP contribution in [-0.2, 0) is 17.9 Å². The molecule has 3 aromatic rings. The van der Waals surface area contributed by atoms with Gasteiger partial charge in [-0.1, -0.05) is 5.16 Å². The van der Waals surface area contributed by atoms with Crippen molar-refractivity contribution in [1.29, 1.82) is 0 Å². The van der Waals surface area contributed by atoms with Crippen LogP contribution in [0, 0.1) is 6.92 Å². The molecule has 0 unspecified atom stereocenters. The molecule has 0 spiro atoms. The number of likely N-dealkylation sites (tertiary alicyclic amines) is 1. The van der Waals surface area contributed by atoms with E-state index in [2.05, 4.69) is 26.9 Å². The molecule has 1 saturated heterocycles. The fourth-order valence-corrected chi connectivity index (χ4v) is 3.65. The number of rotatable bonds is 7. The quantitative estimate of drug-likeness (QED) is 0.631. The Balaban J connectivity index is 1.29. The summed E-state index contributed by atoms with van der Waals surface area (Å²) in [6, 6.07) is 7.76. The second-order valence-corrected chi connectivity index (χ2v) is 7.20. The summed E-state index contributed by atoms with van der Waals surface area (Å²) in [7, 11) is 1.59. The molecule has 0 bridgehead atoms. The van der Waals surface area contributed by atoms with Crippen LogP contribution in [0.1, 0.15) is 16.5 Å². The Bertz CT molecular complexity index is 855. The number of aryl methyl sites for hydroxylation is 1. The summed E-state index contributed by atoms with van der Waals surface area (Å²) in [6.45, 7) is 5.20. The van der Waals surface area contributed by atoms with Gasteiger partial charge in [-0.15, -0.1) is 11.3 Å². The van der Waals surface area contributed by atoms with Crippen LogP contribution in [0.3, 0.4) is 0 Å². The fraction of sp³-hybridized carbons (Fsp3) is 0.389. The van der Waals surface area contributed by atoms with E-state index in [4.69, 9.17) is 14.0 Å². The highest BCUT2D eigenvalue weighted by molar-refractivity contribution is 7.09. The van der Waals surface area contributed by atoms with Gasteiger partial charge in [-0.2, -0.15) is 4.98 Å². The molecule has 136 valence electrons. The van der Waals surface area contributed by atoms with Crippen molar-refractivity contribution < 1.29 is 14.0 Å². The number of hydrogen-bond donors (Lipinski definition) is 0. The van der Waals surface area contributed by atoms with Gasteiger partial charge in [0.1, 0.15) is 18.5 Å². The van der Waals surface area contributed by atoms with E-state index in [1.807, 2.05) is 29.8 Å². The summed E-state index contributed by atoms with van der Waals surface area (Å²) in [5.74, 6) is 1.87. The summed E-state index contributed by atoms with van der Waals surface area (Å²) < 4.78 is 16.1. The lowest BCUT2D eigenvalue weighted by Gasteiger charge is -2.38. The van der Waals surface area contributed by atoms with Crippen LogP contribution < -0.4 is 4.74 Å². The molecule has 1 aromatic carbocycles. The number of hydrogen-bond acceptors (Lipinski definition) is 8. The van der Waals surface area contributed by atoms with Crippen LogP contribution in [0.2, 0.25) is 0 Å². The van der Waals surface area contributed by atoms with Crippen molar-refractivity contribution in [2.24, 2.45) is 0 Å². The number of methoxy groups -OCH3 is 1. The van der Waals surface area contributed by atoms with Gasteiger partial charge in [0.15, 0.2) is 0 Å². The maximum absolute atomic E-state index is 6.03. The SMILES string of the molecule is COCc1nc(-c2ccc(OC3CN(Cc4scnc4C)C3)cc2)no1. The van der Waals surface area contributed by atoms with Crippen molar-refractivity contribution in [2.75, 3.05) is 20.2 Å². The molecule has 0 radical (unpaired) electrons. The van der Waals surface area contributed by atoms with Crippen LogP contribution in [0.15, 0.2) is 34.3 Å². The second kappa shape index (κ2) is 7.53. The Morgan fingerprint density at radius 1 is 1.27 bits per heavy atom. The topological polar surface area (TPSA) is 73.5 Å². The Hall–Kier alpha value is -2.29. The van der Waals surface area contributed by atoms with Crippen molar-refractivity contribution in [3.05, 3.63) is 46.2 Å². The van der Waals surface area contributed by atoms with Crippen molar-refractivity contribution in [3.8, 4) is 17.1 Å². The number of benzene rings is 1. The predicted octanol–water partition coefficient (Wildman–Crippen LogP) is 2.91. The Morgan fingerprint density at radius 3 is 2.77 bits per heavy atom. The molecule has 0 amide bonds. The molecule has 1 aliphatic rings. The molecule has 7 nitrogen and oxygen atoms in total. The third-order valence-corrected chi connectivity index (χ3v) is 5.21. The lowest BCUT2D eigenvalue weighted by molar-refractivity contribution is 0.0151. The number of nitrogens with zero attached hydrogens (tertiary/aromatic N) is 4. The minimum absolute atomic E-state index is 0.229. The molecular weight excluding hydrogens is 352 g/mol. The van der Waals surface area contributed by atoms with E-state index in [-0.39, 0.29) is 6.10 Å². The summed E-state index contributed by atoms with van der Waals surface area (Å²) >= 11 is 1.72. The molecule has 1 aliphatic heterocycles. The Labute approximate surface area is 155 Å². The lowest BCUT2D eigenvalue weighted by atomic mass is 10.1. The van der Waals surface area contributed by atoms with Gasteiger partial charge < -0.3 is 14.0 Å². The molecule has 26 heavy (non-hydrogen) atoms. The molecule has 0 atom stereocenters. The number of aromatic nitrogens is 3. The van der Waals surface area contributed by atoms with Crippen molar-refractivity contribution in [3.63, 3.8) is 0 Å². The van der Waals surface area contributed by atoms with Crippen LogP contribution >= 0.6 is 11.3 Å². The summed E-state index contributed by atoms with van der Waals surface area (Å²) in [6.07, 6.45) is 0.229. The van der Waals surface area contributed by atoms with Crippen molar-refractivity contribution in [2.45, 2.75) is 26.2 Å². The maximum Gasteiger partial charge on any atom is 0.252 e. The first kappa shape index (κ1) is 17.1. The van der Waals surface area contributed by atoms with Gasteiger partial charge in [0.05, 0.1) is 11.2 Å². The maximum atomic E-state index is 6.03. The average molecular weight is 372 g/mol. The average Bonchev–Trinajstić information content (AvgIpc) is 3.23. The minimum atomic E-state index is 0.229. The van der Waals surface area contributed by atoms with Crippen molar-refractivity contribution in [1.82, 2.24) is 20.0 Å². The molecule has 8 heteroatoms. The molecule has 0 saturated carbocycles. The molecule has 2 aromatic heterocycles. The van der Waals surface area contributed by atoms with E-state index in [9.17, 15) is 0 Å². The normalized spacial score (nSPS) is 15.2. The monoisotopic (exact) mass is 372 g/mol. The Morgan fingerprint density at radius 2 is 2.08 bits per heavy atom. The fourth-order valence-electron chi connectivity index (χ4n) is 2.84. The van der Waals surface area contributed by atoms with E-state index in [0.717, 1.165) is 36.6 Å². The molecule has 0 aliphatic carbocycles. The van der Waals surface area contributed by atoms with Crippen LogP contribution in [0.5, 0.6) is 5.75 Å². The highest BCUT2D eigenvalue weighted by Gasteiger charge is 2.29. The van der Waals surface area contributed by atoms with E-state index in [1.165, 1.54) is 4.88 Å². The smallest absolute Gasteiger partial charge is 0.252 e. The van der Waals surface area contributed by atoms with E-state index in [1.54, 1.807) is 18.4 Å². The Kier molecular flexibility index (Phi) is 4.96. The third-order valence-electron chi connectivity index (χ3n) is 4.29. The molecule has 1 fully saturated rings. The predicted molar refractivity (Wildman–Crippen MR) is 97.0 cm³/mol. The first-order valence-corrected chi connectivity index (χ1v) is 9.29. The van der Waals surface area contributed by atoms with Gasteiger partial charge in [0, 0.05) is 37.2 Å². The van der Waals surface area contributed by atoms with Gasteiger partial charge >= 0.3 is 0 Å². The summed E-state index contributed by atoms with van der Waals surface area (Å²) in [5, 5.41) is 3.96. The van der Waals surface area contributed by atoms with E-state index >= 15 is 0 Å². The van der Waals surface area contributed by atoms with Gasteiger partial charge in [0.2, 0.25) is 5.82 Å². The van der Waals surface area contributed by atoms with Crippen molar-refractivity contribution >= 4 is 11.3 Å². The highest BCUT2D eigenvalue weighted by atomic mass is 32.1. The molecular formula is C18H20N4O3S. The number of ether oxygens (including phenoxy) is 2.